The molecule has 0 unspecified atom stereocenters. The van der Waals surface area contributed by atoms with E-state index < -0.39 is 0 Å². The quantitative estimate of drug-likeness (QED) is 0.923. The van der Waals surface area contributed by atoms with Gasteiger partial charge in [-0.05, 0) is 25.1 Å². The molecule has 0 saturated heterocycles. The van der Waals surface area contributed by atoms with E-state index in [0.717, 1.165) is 16.9 Å². The van der Waals surface area contributed by atoms with Crippen LogP contribution in [-0.4, -0.2) is 9.78 Å². The summed E-state index contributed by atoms with van der Waals surface area (Å²) in [5.74, 6) is 0. The Labute approximate surface area is 111 Å². The molecule has 1 heterocycles. The molecule has 1 aromatic carbocycles. The fourth-order valence-electron chi connectivity index (χ4n) is 1.74. The number of halogens is 1. The van der Waals surface area contributed by atoms with Crippen LogP contribution >= 0.6 is 11.6 Å². The van der Waals surface area contributed by atoms with E-state index in [0.29, 0.717) is 17.1 Å². The highest BCUT2D eigenvalue weighted by Gasteiger charge is 2.05. The zero-order valence-electron chi connectivity index (χ0n) is 10.2. The minimum atomic E-state index is 0.551. The van der Waals surface area contributed by atoms with Crippen molar-refractivity contribution in [3.8, 4) is 6.07 Å². The highest BCUT2D eigenvalue weighted by Crippen LogP contribution is 2.23. The summed E-state index contributed by atoms with van der Waals surface area (Å²) in [6.07, 6.45) is 1.97. The SMILES string of the molecule is Cc1nn(C)cc1CNc1ccc(C#N)cc1Cl. The van der Waals surface area contributed by atoms with Crippen LogP contribution in [0.15, 0.2) is 24.4 Å². The van der Waals surface area contributed by atoms with Gasteiger partial charge in [0.2, 0.25) is 0 Å². The lowest BCUT2D eigenvalue weighted by atomic mass is 10.2. The van der Waals surface area contributed by atoms with E-state index >= 15 is 0 Å². The Morgan fingerprint density at radius 3 is 2.83 bits per heavy atom. The first-order chi connectivity index (χ1) is 8.60. The van der Waals surface area contributed by atoms with Crippen molar-refractivity contribution in [2.45, 2.75) is 13.5 Å². The van der Waals surface area contributed by atoms with Crippen molar-refractivity contribution in [3.05, 3.63) is 46.2 Å². The van der Waals surface area contributed by atoms with Crippen LogP contribution in [0, 0.1) is 18.3 Å². The Morgan fingerprint density at radius 2 is 2.28 bits per heavy atom. The lowest BCUT2D eigenvalue weighted by molar-refractivity contribution is 0.756. The summed E-state index contributed by atoms with van der Waals surface area (Å²) in [6, 6.07) is 7.26. The number of nitriles is 1. The van der Waals surface area contributed by atoms with Crippen molar-refractivity contribution in [3.63, 3.8) is 0 Å². The smallest absolute Gasteiger partial charge is 0.0992 e. The van der Waals surface area contributed by atoms with Crippen molar-refractivity contribution in [2.24, 2.45) is 7.05 Å². The molecule has 1 N–H and O–H groups in total. The van der Waals surface area contributed by atoms with Gasteiger partial charge in [0.25, 0.3) is 0 Å². The number of nitrogens with zero attached hydrogens (tertiary/aromatic N) is 3. The van der Waals surface area contributed by atoms with Gasteiger partial charge in [0, 0.05) is 25.4 Å². The first-order valence-electron chi connectivity index (χ1n) is 5.53. The van der Waals surface area contributed by atoms with Gasteiger partial charge >= 0.3 is 0 Å². The minimum absolute atomic E-state index is 0.551. The fraction of sp³-hybridized carbons (Fsp3) is 0.231. The Hall–Kier alpha value is -1.99. The van der Waals surface area contributed by atoms with Crippen molar-refractivity contribution in [1.29, 1.82) is 5.26 Å². The summed E-state index contributed by atoms with van der Waals surface area (Å²) in [5.41, 5.74) is 3.50. The topological polar surface area (TPSA) is 53.6 Å². The molecule has 5 heteroatoms. The van der Waals surface area contributed by atoms with Crippen LogP contribution in [-0.2, 0) is 13.6 Å². The van der Waals surface area contributed by atoms with E-state index in [2.05, 4.69) is 16.5 Å². The molecule has 1 aromatic heterocycles. The standard InChI is InChI=1S/C13H13ClN4/c1-9-11(8-18(2)17-9)7-16-13-4-3-10(6-15)5-12(13)14/h3-5,8,16H,7H2,1-2H3. The molecule has 2 aromatic rings. The summed E-state index contributed by atoms with van der Waals surface area (Å²) >= 11 is 6.08. The number of aryl methyl sites for hydroxylation is 2. The molecule has 92 valence electrons. The highest BCUT2D eigenvalue weighted by atomic mass is 35.5. The van der Waals surface area contributed by atoms with Crippen LogP contribution in [0.25, 0.3) is 0 Å². The van der Waals surface area contributed by atoms with Gasteiger partial charge < -0.3 is 5.32 Å². The Morgan fingerprint density at radius 1 is 1.50 bits per heavy atom. The van der Waals surface area contributed by atoms with Crippen molar-refractivity contribution < 1.29 is 0 Å². The largest absolute Gasteiger partial charge is 0.380 e. The van der Waals surface area contributed by atoms with Gasteiger partial charge in [-0.1, -0.05) is 11.6 Å². The first kappa shape index (κ1) is 12.5. The number of hydrogen-bond donors (Lipinski definition) is 1. The van der Waals surface area contributed by atoms with E-state index in [1.165, 1.54) is 0 Å². The van der Waals surface area contributed by atoms with E-state index in [9.17, 15) is 0 Å². The summed E-state index contributed by atoms with van der Waals surface area (Å²) < 4.78 is 1.78. The normalized spacial score (nSPS) is 10.1. The van der Waals surface area contributed by atoms with Crippen LogP contribution in [0.3, 0.4) is 0 Å². The third-order valence-electron chi connectivity index (χ3n) is 2.68. The minimum Gasteiger partial charge on any atom is -0.380 e. The molecule has 0 bridgehead atoms. The molecule has 0 amide bonds. The van der Waals surface area contributed by atoms with Crippen molar-refractivity contribution in [2.75, 3.05) is 5.32 Å². The predicted molar refractivity (Wildman–Crippen MR) is 71.4 cm³/mol. The van der Waals surface area contributed by atoms with E-state index in [1.807, 2.05) is 26.2 Å². The number of rotatable bonds is 3. The van der Waals surface area contributed by atoms with E-state index in [1.54, 1.807) is 16.8 Å². The average Bonchev–Trinajstić information content (AvgIpc) is 2.66. The lowest BCUT2D eigenvalue weighted by Gasteiger charge is -2.07. The van der Waals surface area contributed by atoms with Gasteiger partial charge in [-0.3, -0.25) is 4.68 Å². The van der Waals surface area contributed by atoms with Crippen LogP contribution in [0.1, 0.15) is 16.8 Å². The number of benzene rings is 1. The molecule has 0 aliphatic rings. The Kier molecular flexibility index (Phi) is 3.54. The van der Waals surface area contributed by atoms with Gasteiger partial charge in [0.05, 0.1) is 28.0 Å². The molecule has 0 fully saturated rings. The number of nitrogens with one attached hydrogen (secondary N) is 1. The summed E-state index contributed by atoms with van der Waals surface area (Å²) in [7, 11) is 1.89. The molecule has 0 spiro atoms. The Balaban J connectivity index is 2.11. The van der Waals surface area contributed by atoms with Gasteiger partial charge in [-0.25, -0.2) is 0 Å². The van der Waals surface area contributed by atoms with Crippen LogP contribution in [0.5, 0.6) is 0 Å². The lowest BCUT2D eigenvalue weighted by Crippen LogP contribution is -2.00. The summed E-state index contributed by atoms with van der Waals surface area (Å²) in [5, 5.41) is 16.8. The second-order valence-corrected chi connectivity index (χ2v) is 4.48. The van der Waals surface area contributed by atoms with Crippen LogP contribution in [0.2, 0.25) is 5.02 Å². The molecule has 0 saturated carbocycles. The molecule has 0 atom stereocenters. The maximum absolute atomic E-state index is 8.76. The summed E-state index contributed by atoms with van der Waals surface area (Å²) in [4.78, 5) is 0. The zero-order chi connectivity index (χ0) is 13.1. The van der Waals surface area contributed by atoms with Crippen LogP contribution in [0.4, 0.5) is 5.69 Å². The third-order valence-corrected chi connectivity index (χ3v) is 3.00. The van der Waals surface area contributed by atoms with Crippen LogP contribution < -0.4 is 5.32 Å². The maximum atomic E-state index is 8.76. The van der Waals surface area contributed by atoms with Crippen molar-refractivity contribution >= 4 is 17.3 Å². The van der Waals surface area contributed by atoms with Gasteiger partial charge in [-0.15, -0.1) is 0 Å². The maximum Gasteiger partial charge on any atom is 0.0992 e. The molecular weight excluding hydrogens is 248 g/mol. The molecule has 18 heavy (non-hydrogen) atoms. The van der Waals surface area contributed by atoms with Crippen molar-refractivity contribution in [1.82, 2.24) is 9.78 Å². The molecular formula is C13H13ClN4. The second-order valence-electron chi connectivity index (χ2n) is 4.07. The molecule has 0 aliphatic heterocycles. The molecule has 2 rings (SSSR count). The molecule has 0 aliphatic carbocycles. The first-order valence-corrected chi connectivity index (χ1v) is 5.90. The fourth-order valence-corrected chi connectivity index (χ4v) is 1.99. The number of aromatic nitrogens is 2. The number of hydrogen-bond acceptors (Lipinski definition) is 3. The second kappa shape index (κ2) is 5.11. The number of anilines is 1. The zero-order valence-corrected chi connectivity index (χ0v) is 11.0. The molecule has 0 radical (unpaired) electrons. The monoisotopic (exact) mass is 260 g/mol. The van der Waals surface area contributed by atoms with E-state index in [4.69, 9.17) is 16.9 Å². The predicted octanol–water partition coefficient (Wildman–Crippen LogP) is 2.87. The van der Waals surface area contributed by atoms with Gasteiger partial charge in [0.15, 0.2) is 0 Å². The molecule has 4 nitrogen and oxygen atoms in total. The highest BCUT2D eigenvalue weighted by molar-refractivity contribution is 6.33. The van der Waals surface area contributed by atoms with E-state index in [-0.39, 0.29) is 0 Å². The average molecular weight is 261 g/mol. The Bertz CT molecular complexity index is 610. The van der Waals surface area contributed by atoms with Gasteiger partial charge in [-0.2, -0.15) is 10.4 Å². The summed E-state index contributed by atoms with van der Waals surface area (Å²) in [6.45, 7) is 2.63. The van der Waals surface area contributed by atoms with Gasteiger partial charge in [0.1, 0.15) is 0 Å². The third kappa shape index (κ3) is 2.63.